The Morgan fingerprint density at radius 1 is 1.43 bits per heavy atom. The van der Waals surface area contributed by atoms with Crippen molar-refractivity contribution in [3.05, 3.63) is 48.1 Å². The van der Waals surface area contributed by atoms with Crippen LogP contribution in [-0.2, 0) is 16.0 Å². The summed E-state index contributed by atoms with van der Waals surface area (Å²) >= 11 is 0. The third-order valence-electron chi connectivity index (χ3n) is 3.18. The Labute approximate surface area is 139 Å². The predicted molar refractivity (Wildman–Crippen MR) is 98.1 cm³/mol. The molecule has 0 unspecified atom stereocenters. The van der Waals surface area contributed by atoms with Crippen molar-refractivity contribution in [1.29, 1.82) is 0 Å². The standard InChI is InChI=1S/C17H20N2O2.C2H6/c1-3-7-14-8-5-10-16-15(14)9-6-11-19(16)13-18-12-17(20)21-4-2;1-2/h3,5-6,8-10,13H,1,4,7,11-12H2,2H3;1-2H3. The number of carbonyl (C=O) groups excluding carboxylic acids is 1. The molecule has 1 aromatic carbocycles. The first-order valence-electron chi connectivity index (χ1n) is 8.07. The van der Waals surface area contributed by atoms with Crippen molar-refractivity contribution >= 4 is 24.1 Å². The van der Waals surface area contributed by atoms with Gasteiger partial charge in [-0.2, -0.15) is 0 Å². The van der Waals surface area contributed by atoms with E-state index in [0.29, 0.717) is 6.61 Å². The van der Waals surface area contributed by atoms with Crippen molar-refractivity contribution < 1.29 is 9.53 Å². The third-order valence-corrected chi connectivity index (χ3v) is 3.18. The van der Waals surface area contributed by atoms with E-state index in [1.807, 2.05) is 30.9 Å². The lowest BCUT2D eigenvalue weighted by Crippen LogP contribution is -2.25. The summed E-state index contributed by atoms with van der Waals surface area (Å²) < 4.78 is 4.86. The SMILES string of the molecule is C=CCc1cccc2c1C=CCN2C=NCC(=O)OCC.CC. The first kappa shape index (κ1) is 18.7. The molecular formula is C19H26N2O2. The van der Waals surface area contributed by atoms with Gasteiger partial charge in [0.15, 0.2) is 0 Å². The van der Waals surface area contributed by atoms with Gasteiger partial charge < -0.3 is 9.64 Å². The van der Waals surface area contributed by atoms with Crippen molar-refractivity contribution in [2.24, 2.45) is 4.99 Å². The fourth-order valence-corrected chi connectivity index (χ4v) is 2.29. The van der Waals surface area contributed by atoms with E-state index in [2.05, 4.69) is 35.9 Å². The molecule has 0 fully saturated rings. The number of allylic oxidation sites excluding steroid dienone is 1. The highest BCUT2D eigenvalue weighted by molar-refractivity contribution is 5.88. The maximum Gasteiger partial charge on any atom is 0.327 e. The number of fused-ring (bicyclic) bond motifs is 1. The molecule has 0 radical (unpaired) electrons. The Morgan fingerprint density at radius 3 is 2.91 bits per heavy atom. The molecule has 0 bridgehead atoms. The number of anilines is 1. The number of esters is 1. The fourth-order valence-electron chi connectivity index (χ4n) is 2.29. The number of rotatable bonds is 6. The average molecular weight is 314 g/mol. The molecule has 1 aliphatic rings. The molecule has 1 heterocycles. The number of ether oxygens (including phenoxy) is 1. The molecule has 23 heavy (non-hydrogen) atoms. The van der Waals surface area contributed by atoms with E-state index in [1.54, 1.807) is 13.3 Å². The summed E-state index contributed by atoms with van der Waals surface area (Å²) in [7, 11) is 0. The monoisotopic (exact) mass is 314 g/mol. The van der Waals surface area contributed by atoms with Crippen molar-refractivity contribution in [3.63, 3.8) is 0 Å². The van der Waals surface area contributed by atoms with Crippen LogP contribution in [0.15, 0.2) is 41.9 Å². The predicted octanol–water partition coefficient (Wildman–Crippen LogP) is 3.87. The number of aliphatic imine (C=N–C) groups is 1. The second-order valence-corrected chi connectivity index (χ2v) is 4.66. The number of carbonyl (C=O) groups is 1. The van der Waals surface area contributed by atoms with Gasteiger partial charge in [-0.1, -0.05) is 44.2 Å². The molecule has 0 saturated carbocycles. The Kier molecular flexibility index (Phi) is 8.43. The van der Waals surface area contributed by atoms with E-state index in [1.165, 1.54) is 11.1 Å². The zero-order valence-corrected chi connectivity index (χ0v) is 14.3. The van der Waals surface area contributed by atoms with Gasteiger partial charge in [0.25, 0.3) is 0 Å². The van der Waals surface area contributed by atoms with E-state index < -0.39 is 0 Å². The lowest BCUT2D eigenvalue weighted by molar-refractivity contribution is -0.141. The first-order valence-corrected chi connectivity index (χ1v) is 8.07. The minimum absolute atomic E-state index is 0.0513. The van der Waals surface area contributed by atoms with Crippen LogP contribution in [0.2, 0.25) is 0 Å². The molecule has 0 N–H and O–H groups in total. The van der Waals surface area contributed by atoms with Crippen LogP contribution in [0.25, 0.3) is 6.08 Å². The molecule has 2 rings (SSSR count). The number of benzene rings is 1. The van der Waals surface area contributed by atoms with Crippen molar-refractivity contribution in [3.8, 4) is 0 Å². The summed E-state index contributed by atoms with van der Waals surface area (Å²) in [4.78, 5) is 17.5. The van der Waals surface area contributed by atoms with Crippen LogP contribution in [0.3, 0.4) is 0 Å². The van der Waals surface area contributed by atoms with E-state index in [4.69, 9.17) is 4.74 Å². The van der Waals surface area contributed by atoms with Crippen LogP contribution >= 0.6 is 0 Å². The lowest BCUT2D eigenvalue weighted by Gasteiger charge is -2.25. The van der Waals surface area contributed by atoms with E-state index in [-0.39, 0.29) is 12.5 Å². The Morgan fingerprint density at radius 2 is 2.22 bits per heavy atom. The van der Waals surface area contributed by atoms with Gasteiger partial charge in [-0.25, -0.2) is 0 Å². The minimum Gasteiger partial charge on any atom is -0.465 e. The molecule has 0 saturated heterocycles. The van der Waals surface area contributed by atoms with Crippen LogP contribution in [0.1, 0.15) is 31.9 Å². The summed E-state index contributed by atoms with van der Waals surface area (Å²) in [5.41, 5.74) is 3.53. The smallest absolute Gasteiger partial charge is 0.327 e. The maximum atomic E-state index is 11.3. The number of hydrogen-bond acceptors (Lipinski definition) is 3. The van der Waals surface area contributed by atoms with Gasteiger partial charge in [-0.3, -0.25) is 9.79 Å². The van der Waals surface area contributed by atoms with Gasteiger partial charge in [0.1, 0.15) is 6.54 Å². The second-order valence-electron chi connectivity index (χ2n) is 4.66. The zero-order valence-electron chi connectivity index (χ0n) is 14.3. The molecule has 0 amide bonds. The minimum atomic E-state index is -0.304. The Balaban J connectivity index is 0.00000127. The first-order chi connectivity index (χ1) is 11.3. The summed E-state index contributed by atoms with van der Waals surface area (Å²) in [6.07, 6.45) is 8.66. The molecule has 0 aliphatic carbocycles. The summed E-state index contributed by atoms with van der Waals surface area (Å²) in [6.45, 7) is 10.8. The van der Waals surface area contributed by atoms with E-state index in [9.17, 15) is 4.79 Å². The van der Waals surface area contributed by atoms with Crippen LogP contribution in [-0.4, -0.2) is 32.0 Å². The Bertz CT molecular complexity index is 577. The van der Waals surface area contributed by atoms with Crippen molar-refractivity contribution in [2.45, 2.75) is 27.2 Å². The molecule has 1 aromatic rings. The van der Waals surface area contributed by atoms with E-state index in [0.717, 1.165) is 18.7 Å². The van der Waals surface area contributed by atoms with Crippen molar-refractivity contribution in [1.82, 2.24) is 0 Å². The molecule has 4 heteroatoms. The fraction of sp³-hybridized carbons (Fsp3) is 0.368. The highest BCUT2D eigenvalue weighted by Gasteiger charge is 2.13. The van der Waals surface area contributed by atoms with Gasteiger partial charge in [-0.15, -0.1) is 6.58 Å². The van der Waals surface area contributed by atoms with Crippen LogP contribution in [0.5, 0.6) is 0 Å². The van der Waals surface area contributed by atoms with E-state index >= 15 is 0 Å². The number of hydrogen-bond donors (Lipinski definition) is 0. The maximum absolute atomic E-state index is 11.3. The highest BCUT2D eigenvalue weighted by Crippen LogP contribution is 2.28. The quantitative estimate of drug-likeness (QED) is 0.346. The highest BCUT2D eigenvalue weighted by atomic mass is 16.5. The second kappa shape index (κ2) is 10.4. The number of nitrogens with zero attached hydrogens (tertiary/aromatic N) is 2. The summed E-state index contributed by atoms with van der Waals surface area (Å²) in [5, 5.41) is 0. The van der Waals surface area contributed by atoms with Gasteiger partial charge in [0.05, 0.1) is 12.9 Å². The molecule has 0 atom stereocenters. The Hall–Kier alpha value is -2.36. The lowest BCUT2D eigenvalue weighted by atomic mass is 9.99. The summed E-state index contributed by atoms with van der Waals surface area (Å²) in [5.74, 6) is -0.304. The van der Waals surface area contributed by atoms with Gasteiger partial charge in [-0.05, 0) is 25.0 Å². The van der Waals surface area contributed by atoms with Gasteiger partial charge in [0, 0.05) is 17.8 Å². The van der Waals surface area contributed by atoms with Crippen LogP contribution in [0, 0.1) is 0 Å². The topological polar surface area (TPSA) is 41.9 Å². The zero-order chi connectivity index (χ0) is 17.1. The molecule has 0 spiro atoms. The average Bonchev–Trinajstić information content (AvgIpc) is 2.58. The molecular weight excluding hydrogens is 288 g/mol. The van der Waals surface area contributed by atoms with Crippen LogP contribution < -0.4 is 4.90 Å². The third kappa shape index (κ3) is 5.40. The van der Waals surface area contributed by atoms with Gasteiger partial charge >= 0.3 is 5.97 Å². The molecule has 1 aliphatic heterocycles. The molecule has 0 aromatic heterocycles. The summed E-state index contributed by atoms with van der Waals surface area (Å²) in [6, 6.07) is 6.19. The van der Waals surface area contributed by atoms with Crippen molar-refractivity contribution in [2.75, 3.05) is 24.6 Å². The normalized spacial score (nSPS) is 12.4. The largest absolute Gasteiger partial charge is 0.465 e. The van der Waals surface area contributed by atoms with Crippen LogP contribution in [0.4, 0.5) is 5.69 Å². The van der Waals surface area contributed by atoms with Gasteiger partial charge in [0.2, 0.25) is 0 Å². The molecule has 124 valence electrons. The molecule has 4 nitrogen and oxygen atoms in total.